The van der Waals surface area contributed by atoms with Crippen LogP contribution in [0.1, 0.15) is 11.6 Å². The fourth-order valence-corrected chi connectivity index (χ4v) is 1.33. The van der Waals surface area contributed by atoms with E-state index in [1.165, 1.54) is 0 Å². The molecule has 0 radical (unpaired) electrons. The summed E-state index contributed by atoms with van der Waals surface area (Å²) in [5.74, 6) is -0.0498. The van der Waals surface area contributed by atoms with Crippen LogP contribution >= 0.6 is 0 Å². The molecule has 0 bridgehead atoms. The molecule has 2 atom stereocenters. The highest BCUT2D eigenvalue weighted by Gasteiger charge is 2.19. The molecule has 0 saturated carbocycles. The zero-order chi connectivity index (χ0) is 10.4. The molecule has 0 spiro atoms. The Kier molecular flexibility index (Phi) is 4.52. The second-order valence-corrected chi connectivity index (χ2v) is 3.16. The molecule has 1 aromatic heterocycles. The van der Waals surface area contributed by atoms with E-state index in [-0.39, 0.29) is 18.6 Å². The summed E-state index contributed by atoms with van der Waals surface area (Å²) in [6.07, 6.45) is 1.71. The maximum Gasteiger partial charge on any atom is 0.0590 e. The van der Waals surface area contributed by atoms with Crippen LogP contribution in [0.4, 0.5) is 0 Å². The zero-order valence-electron chi connectivity index (χ0n) is 8.26. The number of ether oxygens (including phenoxy) is 1. The second-order valence-electron chi connectivity index (χ2n) is 3.16. The quantitative estimate of drug-likeness (QED) is 0.702. The summed E-state index contributed by atoms with van der Waals surface area (Å²) < 4.78 is 5.05. The van der Waals surface area contributed by atoms with Crippen LogP contribution in [0, 0.1) is 0 Å². The van der Waals surface area contributed by atoms with Gasteiger partial charge in [-0.2, -0.15) is 0 Å². The van der Waals surface area contributed by atoms with E-state index in [9.17, 15) is 0 Å². The smallest absolute Gasteiger partial charge is 0.0590 e. The van der Waals surface area contributed by atoms with Crippen molar-refractivity contribution >= 4 is 0 Å². The van der Waals surface area contributed by atoms with Crippen molar-refractivity contribution in [3.63, 3.8) is 0 Å². The van der Waals surface area contributed by atoms with Crippen molar-refractivity contribution in [2.75, 3.05) is 20.3 Å². The van der Waals surface area contributed by atoms with Gasteiger partial charge < -0.3 is 15.6 Å². The molecule has 0 unspecified atom stereocenters. The van der Waals surface area contributed by atoms with Crippen molar-refractivity contribution in [2.24, 2.45) is 5.73 Å². The van der Waals surface area contributed by atoms with Gasteiger partial charge in [0, 0.05) is 31.0 Å². The van der Waals surface area contributed by atoms with Crippen LogP contribution in [0.3, 0.4) is 0 Å². The summed E-state index contributed by atoms with van der Waals surface area (Å²) in [7, 11) is 1.61. The van der Waals surface area contributed by atoms with Crippen molar-refractivity contribution in [2.45, 2.75) is 12.0 Å². The number of aromatic nitrogens is 1. The lowest BCUT2D eigenvalue weighted by atomic mass is 9.98. The lowest BCUT2D eigenvalue weighted by Crippen LogP contribution is -2.35. The minimum absolute atomic E-state index is 0.0498. The van der Waals surface area contributed by atoms with Crippen molar-refractivity contribution < 1.29 is 9.84 Å². The van der Waals surface area contributed by atoms with Crippen LogP contribution in [0.2, 0.25) is 0 Å². The number of methoxy groups -OCH3 is 1. The van der Waals surface area contributed by atoms with Crippen molar-refractivity contribution in [1.82, 2.24) is 4.98 Å². The Bertz CT molecular complexity index is 254. The molecule has 1 rings (SSSR count). The largest absolute Gasteiger partial charge is 0.395 e. The Morgan fingerprint density at radius 1 is 1.57 bits per heavy atom. The van der Waals surface area contributed by atoms with E-state index in [1.807, 2.05) is 18.2 Å². The summed E-state index contributed by atoms with van der Waals surface area (Å²) in [6, 6.07) is 5.30. The van der Waals surface area contributed by atoms with Gasteiger partial charge in [-0.3, -0.25) is 4.98 Å². The highest BCUT2D eigenvalue weighted by molar-refractivity contribution is 5.12. The molecule has 14 heavy (non-hydrogen) atoms. The second kappa shape index (κ2) is 5.70. The molecule has 0 aliphatic rings. The van der Waals surface area contributed by atoms with Gasteiger partial charge in [0.05, 0.1) is 13.2 Å². The topological polar surface area (TPSA) is 68.4 Å². The van der Waals surface area contributed by atoms with Gasteiger partial charge in [0.2, 0.25) is 0 Å². The number of aliphatic hydroxyl groups is 1. The Morgan fingerprint density at radius 2 is 2.36 bits per heavy atom. The van der Waals surface area contributed by atoms with E-state index in [0.717, 1.165) is 5.69 Å². The van der Waals surface area contributed by atoms with E-state index in [1.54, 1.807) is 13.3 Å². The molecule has 0 aliphatic heterocycles. The van der Waals surface area contributed by atoms with Crippen molar-refractivity contribution in [3.8, 4) is 0 Å². The van der Waals surface area contributed by atoms with Gasteiger partial charge >= 0.3 is 0 Å². The SMILES string of the molecule is COC[C@@H](c1ccccn1)[C@@H](N)CO. The number of aliphatic hydroxyl groups excluding tert-OH is 1. The monoisotopic (exact) mass is 196 g/mol. The van der Waals surface area contributed by atoms with Gasteiger partial charge in [-0.1, -0.05) is 6.07 Å². The van der Waals surface area contributed by atoms with Gasteiger partial charge in [0.1, 0.15) is 0 Å². The minimum atomic E-state index is -0.329. The van der Waals surface area contributed by atoms with Crippen LogP contribution in [0.15, 0.2) is 24.4 Å². The van der Waals surface area contributed by atoms with E-state index in [0.29, 0.717) is 6.61 Å². The summed E-state index contributed by atoms with van der Waals surface area (Å²) in [5, 5.41) is 8.98. The van der Waals surface area contributed by atoms with Crippen LogP contribution in [0.25, 0.3) is 0 Å². The van der Waals surface area contributed by atoms with Crippen molar-refractivity contribution in [3.05, 3.63) is 30.1 Å². The van der Waals surface area contributed by atoms with Gasteiger partial charge in [0.25, 0.3) is 0 Å². The summed E-state index contributed by atoms with van der Waals surface area (Å²) in [5.41, 5.74) is 6.62. The number of hydrogen-bond donors (Lipinski definition) is 2. The molecule has 1 aromatic rings. The lowest BCUT2D eigenvalue weighted by molar-refractivity contribution is 0.149. The predicted octanol–water partition coefficient (Wildman–Crippen LogP) is 0.131. The van der Waals surface area contributed by atoms with Crippen LogP contribution in [0.5, 0.6) is 0 Å². The molecule has 4 nitrogen and oxygen atoms in total. The first kappa shape index (κ1) is 11.1. The van der Waals surface area contributed by atoms with E-state index in [2.05, 4.69) is 4.98 Å². The summed E-state index contributed by atoms with van der Waals surface area (Å²) >= 11 is 0. The van der Waals surface area contributed by atoms with Crippen LogP contribution in [-0.2, 0) is 4.74 Å². The van der Waals surface area contributed by atoms with E-state index in [4.69, 9.17) is 15.6 Å². The van der Waals surface area contributed by atoms with Crippen LogP contribution < -0.4 is 5.73 Å². The number of hydrogen-bond acceptors (Lipinski definition) is 4. The fraction of sp³-hybridized carbons (Fsp3) is 0.500. The molecular formula is C10H16N2O2. The fourth-order valence-electron chi connectivity index (χ4n) is 1.33. The first-order valence-electron chi connectivity index (χ1n) is 4.56. The predicted molar refractivity (Wildman–Crippen MR) is 53.9 cm³/mol. The molecule has 0 saturated heterocycles. The maximum atomic E-state index is 8.98. The highest BCUT2D eigenvalue weighted by atomic mass is 16.5. The molecule has 1 heterocycles. The van der Waals surface area contributed by atoms with Gasteiger partial charge in [-0.05, 0) is 12.1 Å². The molecule has 0 aromatic carbocycles. The first-order valence-corrected chi connectivity index (χ1v) is 4.56. The highest BCUT2D eigenvalue weighted by Crippen LogP contribution is 2.16. The third-order valence-electron chi connectivity index (χ3n) is 2.14. The zero-order valence-corrected chi connectivity index (χ0v) is 8.26. The third kappa shape index (κ3) is 2.77. The van der Waals surface area contributed by atoms with Crippen molar-refractivity contribution in [1.29, 1.82) is 0 Å². The standard InChI is InChI=1S/C10H16N2O2/c1-14-7-8(9(11)6-13)10-4-2-3-5-12-10/h2-5,8-9,13H,6-7,11H2,1H3/t8-,9+/m1/s1. The summed E-state index contributed by atoms with van der Waals surface area (Å²) in [6.45, 7) is 0.406. The molecule has 4 heteroatoms. The average molecular weight is 196 g/mol. The van der Waals surface area contributed by atoms with Gasteiger partial charge in [-0.25, -0.2) is 0 Å². The lowest BCUT2D eigenvalue weighted by Gasteiger charge is -2.20. The maximum absolute atomic E-state index is 8.98. The Balaban J connectivity index is 2.77. The Labute approximate surface area is 83.7 Å². The first-order chi connectivity index (χ1) is 6.79. The molecule has 0 fully saturated rings. The summed E-state index contributed by atoms with van der Waals surface area (Å²) in [4.78, 5) is 4.20. The Hall–Kier alpha value is -0.970. The minimum Gasteiger partial charge on any atom is -0.395 e. The van der Waals surface area contributed by atoms with E-state index < -0.39 is 0 Å². The normalized spacial score (nSPS) is 15.1. The average Bonchev–Trinajstić information content (AvgIpc) is 2.26. The third-order valence-corrected chi connectivity index (χ3v) is 2.14. The van der Waals surface area contributed by atoms with Gasteiger partial charge in [-0.15, -0.1) is 0 Å². The molecule has 78 valence electrons. The number of rotatable bonds is 5. The number of nitrogens with zero attached hydrogens (tertiary/aromatic N) is 1. The van der Waals surface area contributed by atoms with Crippen LogP contribution in [-0.4, -0.2) is 36.5 Å². The molecule has 0 amide bonds. The van der Waals surface area contributed by atoms with E-state index >= 15 is 0 Å². The molecular weight excluding hydrogens is 180 g/mol. The molecule has 0 aliphatic carbocycles. The molecule has 3 N–H and O–H groups in total. The Morgan fingerprint density at radius 3 is 2.86 bits per heavy atom. The number of pyridine rings is 1. The van der Waals surface area contributed by atoms with Gasteiger partial charge in [0.15, 0.2) is 0 Å². The number of nitrogens with two attached hydrogens (primary N) is 1.